The molecule has 27 heavy (non-hydrogen) atoms. The van der Waals surface area contributed by atoms with Crippen molar-refractivity contribution in [2.45, 2.75) is 20.8 Å². The molecule has 0 unspecified atom stereocenters. The van der Waals surface area contributed by atoms with Crippen LogP contribution in [0.25, 0.3) is 0 Å². The van der Waals surface area contributed by atoms with Crippen LogP contribution >= 0.6 is 11.6 Å². The lowest BCUT2D eigenvalue weighted by molar-refractivity contribution is -0.383. The molecule has 0 saturated carbocycles. The summed E-state index contributed by atoms with van der Waals surface area (Å²) in [4.78, 5) is 19.4. The second-order valence-corrected chi connectivity index (χ2v) is 6.57. The molecule has 2 aromatic carbocycles. The van der Waals surface area contributed by atoms with Crippen LogP contribution in [0.3, 0.4) is 0 Å². The summed E-state index contributed by atoms with van der Waals surface area (Å²) in [7, 11) is 0. The number of nitrogens with zero attached hydrogens (tertiary/aromatic N) is 3. The Morgan fingerprint density at radius 2 is 1.63 bits per heavy atom. The van der Waals surface area contributed by atoms with E-state index in [1.807, 2.05) is 45.0 Å². The molecule has 0 aliphatic carbocycles. The van der Waals surface area contributed by atoms with Crippen LogP contribution in [0.15, 0.2) is 42.7 Å². The highest BCUT2D eigenvalue weighted by atomic mass is 35.5. The van der Waals surface area contributed by atoms with Gasteiger partial charge in [-0.2, -0.15) is 0 Å². The average molecular weight is 384 g/mol. The number of benzene rings is 2. The number of rotatable bonds is 5. The van der Waals surface area contributed by atoms with Crippen LogP contribution in [-0.4, -0.2) is 14.9 Å². The standard InChI is InChI=1S/C19H18ClN5O2/c1-11-5-4-6-15(13(11)3)23-18-17(25(26)27)19(22-10-21-18)24-16-9-14(20)8-7-12(16)2/h4-10H,1-3H3,(H2,21,22,23,24). The highest BCUT2D eigenvalue weighted by Crippen LogP contribution is 2.35. The van der Waals surface area contributed by atoms with E-state index >= 15 is 0 Å². The van der Waals surface area contributed by atoms with Gasteiger partial charge in [-0.25, -0.2) is 9.97 Å². The zero-order valence-corrected chi connectivity index (χ0v) is 15.8. The molecular formula is C19H18ClN5O2. The molecule has 138 valence electrons. The summed E-state index contributed by atoms with van der Waals surface area (Å²) >= 11 is 6.04. The quantitative estimate of drug-likeness (QED) is 0.449. The van der Waals surface area contributed by atoms with Crippen molar-refractivity contribution in [2.24, 2.45) is 0 Å². The number of aryl methyl sites for hydroxylation is 2. The van der Waals surface area contributed by atoms with Crippen LogP contribution in [0.4, 0.5) is 28.7 Å². The molecule has 0 spiro atoms. The van der Waals surface area contributed by atoms with Gasteiger partial charge in [-0.1, -0.05) is 29.8 Å². The predicted molar refractivity (Wildman–Crippen MR) is 107 cm³/mol. The molecule has 3 aromatic rings. The van der Waals surface area contributed by atoms with Gasteiger partial charge in [-0.15, -0.1) is 0 Å². The Labute approximate surface area is 161 Å². The molecule has 0 bridgehead atoms. The lowest BCUT2D eigenvalue weighted by atomic mass is 10.1. The second kappa shape index (κ2) is 7.59. The highest BCUT2D eigenvalue weighted by molar-refractivity contribution is 6.30. The maximum Gasteiger partial charge on any atom is 0.353 e. The summed E-state index contributed by atoms with van der Waals surface area (Å²) in [5.74, 6) is 0.207. The van der Waals surface area contributed by atoms with Gasteiger partial charge in [0.2, 0.25) is 11.6 Å². The third kappa shape index (κ3) is 3.98. The Bertz CT molecular complexity index is 1000. The van der Waals surface area contributed by atoms with Gasteiger partial charge in [0.1, 0.15) is 6.33 Å². The Morgan fingerprint density at radius 3 is 2.30 bits per heavy atom. The summed E-state index contributed by atoms with van der Waals surface area (Å²) in [6.45, 7) is 5.80. The number of nitro groups is 1. The fourth-order valence-electron chi connectivity index (χ4n) is 2.61. The van der Waals surface area contributed by atoms with Crippen LogP contribution in [0.1, 0.15) is 16.7 Å². The molecular weight excluding hydrogens is 366 g/mol. The van der Waals surface area contributed by atoms with Gasteiger partial charge in [0, 0.05) is 16.4 Å². The summed E-state index contributed by atoms with van der Waals surface area (Å²) in [5, 5.41) is 18.3. The summed E-state index contributed by atoms with van der Waals surface area (Å²) in [6.07, 6.45) is 1.28. The summed E-state index contributed by atoms with van der Waals surface area (Å²) < 4.78 is 0. The van der Waals surface area contributed by atoms with Gasteiger partial charge >= 0.3 is 5.69 Å². The fourth-order valence-corrected chi connectivity index (χ4v) is 2.78. The molecule has 0 amide bonds. The van der Waals surface area contributed by atoms with E-state index in [1.54, 1.807) is 12.1 Å². The Balaban J connectivity index is 2.04. The molecule has 0 atom stereocenters. The van der Waals surface area contributed by atoms with Gasteiger partial charge in [-0.05, 0) is 55.7 Å². The van der Waals surface area contributed by atoms with Crippen molar-refractivity contribution in [3.05, 3.63) is 74.6 Å². The first-order chi connectivity index (χ1) is 12.9. The molecule has 7 nitrogen and oxygen atoms in total. The summed E-state index contributed by atoms with van der Waals surface area (Å²) in [6, 6.07) is 11.0. The Kier molecular flexibility index (Phi) is 5.23. The van der Waals surface area contributed by atoms with E-state index in [-0.39, 0.29) is 17.3 Å². The van der Waals surface area contributed by atoms with Gasteiger partial charge in [0.25, 0.3) is 0 Å². The lowest BCUT2D eigenvalue weighted by Crippen LogP contribution is -2.06. The fraction of sp³-hybridized carbons (Fsp3) is 0.158. The minimum absolute atomic E-state index is 0.0909. The number of anilines is 4. The first-order valence-electron chi connectivity index (χ1n) is 8.22. The number of hydrogen-bond donors (Lipinski definition) is 2. The van der Waals surface area contributed by atoms with Crippen LogP contribution in [0.5, 0.6) is 0 Å². The Morgan fingerprint density at radius 1 is 0.963 bits per heavy atom. The SMILES string of the molecule is Cc1ccc(Cl)cc1Nc1ncnc(Nc2cccc(C)c2C)c1[N+](=O)[O-]. The normalized spacial score (nSPS) is 10.5. The van der Waals surface area contributed by atoms with Crippen molar-refractivity contribution < 1.29 is 4.92 Å². The third-order valence-corrected chi connectivity index (χ3v) is 4.55. The number of nitrogens with one attached hydrogen (secondary N) is 2. The van der Waals surface area contributed by atoms with Crippen LogP contribution < -0.4 is 10.6 Å². The van der Waals surface area contributed by atoms with Gasteiger partial charge in [0.15, 0.2) is 0 Å². The van der Waals surface area contributed by atoms with E-state index in [0.29, 0.717) is 10.7 Å². The van der Waals surface area contributed by atoms with E-state index < -0.39 is 4.92 Å². The largest absolute Gasteiger partial charge is 0.353 e. The zero-order valence-electron chi connectivity index (χ0n) is 15.1. The molecule has 1 aromatic heterocycles. The second-order valence-electron chi connectivity index (χ2n) is 6.13. The van der Waals surface area contributed by atoms with Crippen LogP contribution in [0.2, 0.25) is 5.02 Å². The van der Waals surface area contributed by atoms with Gasteiger partial charge in [0.05, 0.1) is 4.92 Å². The maximum atomic E-state index is 11.7. The maximum absolute atomic E-state index is 11.7. The Hall–Kier alpha value is -3.19. The van der Waals surface area contributed by atoms with Gasteiger partial charge < -0.3 is 10.6 Å². The van der Waals surface area contributed by atoms with E-state index in [1.165, 1.54) is 6.33 Å². The van der Waals surface area contributed by atoms with Crippen LogP contribution in [0, 0.1) is 30.9 Å². The first kappa shape index (κ1) is 18.6. The minimum atomic E-state index is -0.504. The van der Waals surface area contributed by atoms with Crippen molar-refractivity contribution in [1.82, 2.24) is 9.97 Å². The van der Waals surface area contributed by atoms with Crippen molar-refractivity contribution in [1.29, 1.82) is 0 Å². The smallest absolute Gasteiger partial charge is 0.334 e. The monoisotopic (exact) mass is 383 g/mol. The number of halogens is 1. The zero-order chi connectivity index (χ0) is 19.6. The topological polar surface area (TPSA) is 93.0 Å². The molecule has 0 aliphatic rings. The molecule has 8 heteroatoms. The number of hydrogen-bond acceptors (Lipinski definition) is 6. The summed E-state index contributed by atoms with van der Waals surface area (Å²) in [5.41, 5.74) is 4.10. The van der Waals surface area contributed by atoms with Crippen molar-refractivity contribution in [2.75, 3.05) is 10.6 Å². The molecule has 3 rings (SSSR count). The van der Waals surface area contributed by atoms with E-state index in [9.17, 15) is 10.1 Å². The highest BCUT2D eigenvalue weighted by Gasteiger charge is 2.24. The van der Waals surface area contributed by atoms with Crippen LogP contribution in [-0.2, 0) is 0 Å². The number of aromatic nitrogens is 2. The molecule has 0 radical (unpaired) electrons. The molecule has 0 saturated heterocycles. The lowest BCUT2D eigenvalue weighted by Gasteiger charge is -2.13. The molecule has 0 fully saturated rings. The predicted octanol–water partition coefficient (Wildman–Crippen LogP) is 5.45. The van der Waals surface area contributed by atoms with E-state index in [2.05, 4.69) is 20.6 Å². The van der Waals surface area contributed by atoms with Crippen molar-refractivity contribution in [3.8, 4) is 0 Å². The molecule has 1 heterocycles. The first-order valence-corrected chi connectivity index (χ1v) is 8.60. The molecule has 0 aliphatic heterocycles. The minimum Gasteiger partial charge on any atom is -0.334 e. The molecule has 2 N–H and O–H groups in total. The van der Waals surface area contributed by atoms with Crippen molar-refractivity contribution >= 4 is 40.3 Å². The van der Waals surface area contributed by atoms with E-state index in [4.69, 9.17) is 11.6 Å². The average Bonchev–Trinajstić information content (AvgIpc) is 2.62. The van der Waals surface area contributed by atoms with E-state index in [0.717, 1.165) is 22.4 Å². The van der Waals surface area contributed by atoms with Crippen molar-refractivity contribution in [3.63, 3.8) is 0 Å². The third-order valence-electron chi connectivity index (χ3n) is 4.32. The van der Waals surface area contributed by atoms with Gasteiger partial charge in [-0.3, -0.25) is 10.1 Å².